The highest BCUT2D eigenvalue weighted by molar-refractivity contribution is 14.1. The molecule has 0 saturated carbocycles. The first-order chi connectivity index (χ1) is 13.2. The van der Waals surface area contributed by atoms with Crippen molar-refractivity contribution in [2.75, 3.05) is 23.9 Å². The fourth-order valence-corrected chi connectivity index (χ4v) is 2.91. The van der Waals surface area contributed by atoms with Gasteiger partial charge in [-0.3, -0.25) is 0 Å². The topological polar surface area (TPSA) is 32.3 Å². The van der Waals surface area contributed by atoms with E-state index in [1.54, 1.807) is 11.9 Å². The molecule has 2 aromatic carbocycles. The lowest BCUT2D eigenvalue weighted by Gasteiger charge is -2.25. The van der Waals surface area contributed by atoms with E-state index in [2.05, 4.69) is 32.6 Å². The normalized spacial score (nSPS) is 11.4. The van der Waals surface area contributed by atoms with Gasteiger partial charge in [-0.05, 0) is 71.1 Å². The monoisotopic (exact) mass is 502 g/mol. The summed E-state index contributed by atoms with van der Waals surface area (Å²) in [6.07, 6.45) is -3.87. The van der Waals surface area contributed by atoms with Gasteiger partial charge in [0.25, 0.3) is 0 Å². The zero-order valence-corrected chi connectivity index (χ0v) is 17.0. The minimum Gasteiger partial charge on any atom is -0.329 e. The molecular formula is C19H15F4IN4. The van der Waals surface area contributed by atoms with Gasteiger partial charge in [0.15, 0.2) is 5.82 Å². The average Bonchev–Trinajstić information content (AvgIpc) is 2.67. The molecule has 0 amide bonds. The van der Waals surface area contributed by atoms with Gasteiger partial charge in [-0.2, -0.15) is 18.2 Å². The van der Waals surface area contributed by atoms with Crippen molar-refractivity contribution in [3.63, 3.8) is 0 Å². The van der Waals surface area contributed by atoms with Crippen LogP contribution in [0.15, 0.2) is 54.7 Å². The van der Waals surface area contributed by atoms with Crippen LogP contribution >= 0.6 is 22.6 Å². The van der Waals surface area contributed by atoms with Crippen LogP contribution in [0.1, 0.15) is 5.56 Å². The Morgan fingerprint density at radius 2 is 1.39 bits per heavy atom. The molecule has 0 spiro atoms. The number of alkyl halides is 3. The van der Waals surface area contributed by atoms with Gasteiger partial charge in [0.2, 0.25) is 5.95 Å². The fraction of sp³-hybridized carbons (Fsp3) is 0.158. The molecule has 0 saturated heterocycles. The summed E-state index contributed by atoms with van der Waals surface area (Å²) in [4.78, 5) is 10.9. The molecule has 3 aromatic rings. The summed E-state index contributed by atoms with van der Waals surface area (Å²) in [5, 5.41) is 0. The second-order valence-corrected chi connectivity index (χ2v) is 7.22. The van der Waals surface area contributed by atoms with Crippen LogP contribution in [0.3, 0.4) is 0 Å². The zero-order chi connectivity index (χ0) is 20.5. The van der Waals surface area contributed by atoms with Gasteiger partial charge in [0.1, 0.15) is 11.4 Å². The van der Waals surface area contributed by atoms with Crippen molar-refractivity contribution in [2.24, 2.45) is 0 Å². The highest BCUT2D eigenvalue weighted by Gasteiger charge is 2.37. The summed E-state index contributed by atoms with van der Waals surface area (Å²) in [6.45, 7) is 0. The molecule has 4 nitrogen and oxygen atoms in total. The summed E-state index contributed by atoms with van der Waals surface area (Å²) < 4.78 is 54.7. The van der Waals surface area contributed by atoms with Crippen molar-refractivity contribution in [1.29, 1.82) is 0 Å². The predicted octanol–water partition coefficient (Wildman–Crippen LogP) is 5.77. The fourth-order valence-electron chi connectivity index (χ4n) is 2.55. The van der Waals surface area contributed by atoms with Crippen LogP contribution < -0.4 is 9.80 Å². The van der Waals surface area contributed by atoms with Gasteiger partial charge in [0.05, 0.1) is 0 Å². The summed E-state index contributed by atoms with van der Waals surface area (Å²) in [5.74, 6) is -0.686. The molecule has 0 aliphatic rings. The Bertz CT molecular complexity index is 959. The number of hydrogen-bond acceptors (Lipinski definition) is 4. The molecule has 0 fully saturated rings. The Hall–Kier alpha value is -2.43. The van der Waals surface area contributed by atoms with Crippen molar-refractivity contribution >= 4 is 45.7 Å². The molecule has 146 valence electrons. The molecule has 9 heteroatoms. The van der Waals surface area contributed by atoms with Crippen LogP contribution in [0.25, 0.3) is 0 Å². The lowest BCUT2D eigenvalue weighted by molar-refractivity contribution is -0.137. The van der Waals surface area contributed by atoms with Gasteiger partial charge < -0.3 is 9.80 Å². The lowest BCUT2D eigenvalue weighted by atomic mass is 10.2. The van der Waals surface area contributed by atoms with Gasteiger partial charge in [-0.25, -0.2) is 9.37 Å². The number of aromatic nitrogens is 2. The largest absolute Gasteiger partial charge is 0.421 e. The number of benzene rings is 2. The van der Waals surface area contributed by atoms with E-state index < -0.39 is 17.6 Å². The molecule has 0 unspecified atom stereocenters. The summed E-state index contributed by atoms with van der Waals surface area (Å²) in [7, 11) is 3.12. The van der Waals surface area contributed by atoms with E-state index in [1.165, 1.54) is 36.2 Å². The van der Waals surface area contributed by atoms with Crippen LogP contribution in [-0.2, 0) is 6.18 Å². The van der Waals surface area contributed by atoms with E-state index in [0.29, 0.717) is 5.69 Å². The first kappa shape index (κ1) is 20.3. The van der Waals surface area contributed by atoms with Crippen molar-refractivity contribution < 1.29 is 17.6 Å². The van der Waals surface area contributed by atoms with Gasteiger partial charge in [0, 0.05) is 35.2 Å². The van der Waals surface area contributed by atoms with E-state index in [-0.39, 0.29) is 11.8 Å². The Morgan fingerprint density at radius 3 is 1.96 bits per heavy atom. The predicted molar refractivity (Wildman–Crippen MR) is 109 cm³/mol. The second-order valence-electron chi connectivity index (χ2n) is 5.98. The van der Waals surface area contributed by atoms with Gasteiger partial charge in [-0.1, -0.05) is 0 Å². The molecule has 0 aliphatic carbocycles. The van der Waals surface area contributed by atoms with Gasteiger partial charge in [-0.15, -0.1) is 0 Å². The van der Waals surface area contributed by atoms with Crippen molar-refractivity contribution in [2.45, 2.75) is 6.18 Å². The third kappa shape index (κ3) is 4.34. The number of rotatable bonds is 4. The van der Waals surface area contributed by atoms with Crippen molar-refractivity contribution in [1.82, 2.24) is 9.97 Å². The first-order valence-corrected chi connectivity index (χ1v) is 9.17. The summed E-state index contributed by atoms with van der Waals surface area (Å²) in [5.41, 5.74) is 0.128. The molecule has 1 aromatic heterocycles. The summed E-state index contributed by atoms with van der Waals surface area (Å²) >= 11 is 2.16. The van der Waals surface area contributed by atoms with Crippen LogP contribution in [0, 0.1) is 9.39 Å². The van der Waals surface area contributed by atoms with Crippen LogP contribution in [0.2, 0.25) is 0 Å². The maximum atomic E-state index is 13.5. The Balaban J connectivity index is 2.06. The number of hydrogen-bond donors (Lipinski definition) is 0. The third-order valence-corrected chi connectivity index (χ3v) is 4.83. The maximum absolute atomic E-state index is 13.5. The molecule has 0 atom stereocenters. The standard InChI is InChI=1S/C19H15F4IN4/c1-27(14-7-3-12(20)4-8-14)17-16(19(21,22)23)11-25-18(26-17)28(2)15-9-5-13(24)6-10-15/h3-11H,1-2H3. The maximum Gasteiger partial charge on any atom is 0.421 e. The molecular weight excluding hydrogens is 487 g/mol. The molecule has 0 N–H and O–H groups in total. The zero-order valence-electron chi connectivity index (χ0n) is 14.9. The number of halogens is 5. The quantitative estimate of drug-likeness (QED) is 0.335. The van der Waals surface area contributed by atoms with Crippen LogP contribution in [-0.4, -0.2) is 24.1 Å². The highest BCUT2D eigenvalue weighted by atomic mass is 127. The second kappa shape index (κ2) is 7.90. The van der Waals surface area contributed by atoms with E-state index in [4.69, 9.17) is 0 Å². The SMILES string of the molecule is CN(c1ccc(I)cc1)c1ncc(C(F)(F)F)c(N(C)c2ccc(F)cc2)n1. The molecule has 3 rings (SSSR count). The van der Waals surface area contributed by atoms with E-state index >= 15 is 0 Å². The van der Waals surface area contributed by atoms with Crippen LogP contribution in [0.4, 0.5) is 40.7 Å². The van der Waals surface area contributed by atoms with Crippen molar-refractivity contribution in [3.8, 4) is 0 Å². The average molecular weight is 502 g/mol. The van der Waals surface area contributed by atoms with E-state index in [1.807, 2.05) is 24.3 Å². The molecule has 0 bridgehead atoms. The first-order valence-electron chi connectivity index (χ1n) is 8.09. The minimum absolute atomic E-state index is 0.109. The Kier molecular flexibility index (Phi) is 5.73. The van der Waals surface area contributed by atoms with E-state index in [9.17, 15) is 17.6 Å². The minimum atomic E-state index is -4.64. The molecule has 1 heterocycles. The highest BCUT2D eigenvalue weighted by Crippen LogP contribution is 2.38. The lowest BCUT2D eigenvalue weighted by Crippen LogP contribution is -2.21. The molecule has 0 radical (unpaired) electrons. The molecule has 28 heavy (non-hydrogen) atoms. The van der Waals surface area contributed by atoms with E-state index in [0.717, 1.165) is 15.5 Å². The van der Waals surface area contributed by atoms with Crippen LogP contribution in [0.5, 0.6) is 0 Å². The number of anilines is 4. The molecule has 0 aliphatic heterocycles. The number of nitrogens with zero attached hydrogens (tertiary/aromatic N) is 4. The Labute approximate surface area is 173 Å². The Morgan fingerprint density at radius 1 is 0.857 bits per heavy atom. The summed E-state index contributed by atoms with van der Waals surface area (Å²) in [6, 6.07) is 12.5. The third-order valence-electron chi connectivity index (χ3n) is 4.11. The van der Waals surface area contributed by atoms with Crippen molar-refractivity contribution in [3.05, 3.63) is 69.7 Å². The van der Waals surface area contributed by atoms with Gasteiger partial charge >= 0.3 is 6.18 Å². The smallest absolute Gasteiger partial charge is 0.329 e.